The summed E-state index contributed by atoms with van der Waals surface area (Å²) in [7, 11) is 0. The Bertz CT molecular complexity index is 610. The lowest BCUT2D eigenvalue weighted by Crippen LogP contribution is -2.58. The third-order valence-electron chi connectivity index (χ3n) is 4.69. The summed E-state index contributed by atoms with van der Waals surface area (Å²) in [5, 5.41) is 17.3. The van der Waals surface area contributed by atoms with Gasteiger partial charge in [0, 0.05) is 0 Å². The lowest BCUT2D eigenvalue weighted by Gasteiger charge is -2.27. The van der Waals surface area contributed by atoms with Crippen molar-refractivity contribution in [2.45, 2.75) is 57.3 Å². The SMILES string of the molecule is CSCCC(N)C(=O)NC(CCSC)C(=O)NC(C(=O)NC(CCSC)C(=O)O)C(C)C. The van der Waals surface area contributed by atoms with Crippen LogP contribution in [-0.4, -0.2) is 89.0 Å². The van der Waals surface area contributed by atoms with Crippen molar-refractivity contribution in [2.24, 2.45) is 11.7 Å². The molecule has 0 aliphatic rings. The molecule has 0 aromatic heterocycles. The van der Waals surface area contributed by atoms with Crippen molar-refractivity contribution < 1.29 is 24.3 Å². The van der Waals surface area contributed by atoms with Gasteiger partial charge < -0.3 is 26.8 Å². The molecule has 3 amide bonds. The van der Waals surface area contributed by atoms with Gasteiger partial charge in [-0.3, -0.25) is 14.4 Å². The van der Waals surface area contributed by atoms with Crippen LogP contribution in [-0.2, 0) is 19.2 Å². The first-order chi connectivity index (χ1) is 15.1. The van der Waals surface area contributed by atoms with Crippen LogP contribution < -0.4 is 21.7 Å². The van der Waals surface area contributed by atoms with Crippen LogP contribution in [0.25, 0.3) is 0 Å². The number of nitrogens with one attached hydrogen (secondary N) is 3. The molecular formula is C20H38N4O5S3. The van der Waals surface area contributed by atoms with Crippen LogP contribution in [0.1, 0.15) is 33.1 Å². The van der Waals surface area contributed by atoms with Crippen molar-refractivity contribution in [1.29, 1.82) is 0 Å². The predicted molar refractivity (Wildman–Crippen MR) is 135 cm³/mol. The van der Waals surface area contributed by atoms with Gasteiger partial charge in [-0.2, -0.15) is 35.3 Å². The van der Waals surface area contributed by atoms with E-state index in [-0.39, 0.29) is 12.3 Å². The Morgan fingerprint density at radius 2 is 1.22 bits per heavy atom. The molecule has 0 aliphatic carbocycles. The van der Waals surface area contributed by atoms with Crippen LogP contribution in [0.2, 0.25) is 0 Å². The fraction of sp³-hybridized carbons (Fsp3) is 0.800. The van der Waals surface area contributed by atoms with Gasteiger partial charge in [0.15, 0.2) is 0 Å². The molecule has 0 bridgehead atoms. The number of carbonyl (C=O) groups is 4. The van der Waals surface area contributed by atoms with E-state index in [0.29, 0.717) is 24.3 Å². The lowest BCUT2D eigenvalue weighted by atomic mass is 10.0. The van der Waals surface area contributed by atoms with Crippen molar-refractivity contribution in [3.63, 3.8) is 0 Å². The molecule has 0 aromatic carbocycles. The van der Waals surface area contributed by atoms with Crippen molar-refractivity contribution in [2.75, 3.05) is 36.0 Å². The second kappa shape index (κ2) is 17.4. The van der Waals surface area contributed by atoms with Crippen molar-refractivity contribution in [3.05, 3.63) is 0 Å². The Kier molecular flexibility index (Phi) is 16.8. The first kappa shape index (κ1) is 30.9. The Hall–Kier alpha value is -1.11. The Morgan fingerprint density at radius 1 is 0.750 bits per heavy atom. The minimum atomic E-state index is -1.12. The number of rotatable bonds is 17. The Labute approximate surface area is 203 Å². The van der Waals surface area contributed by atoms with Gasteiger partial charge in [0.2, 0.25) is 17.7 Å². The summed E-state index contributed by atoms with van der Waals surface area (Å²) in [5.74, 6) is -0.924. The lowest BCUT2D eigenvalue weighted by molar-refractivity contribution is -0.142. The maximum absolute atomic E-state index is 13.0. The number of carbonyl (C=O) groups excluding carboxylic acids is 3. The largest absolute Gasteiger partial charge is 0.480 e. The summed E-state index contributed by atoms with van der Waals surface area (Å²) in [5.41, 5.74) is 5.92. The van der Waals surface area contributed by atoms with E-state index in [1.807, 2.05) is 18.8 Å². The molecule has 0 rings (SSSR count). The molecule has 0 saturated heterocycles. The summed E-state index contributed by atoms with van der Waals surface area (Å²) < 4.78 is 0. The van der Waals surface area contributed by atoms with E-state index < -0.39 is 47.9 Å². The molecule has 0 aliphatic heterocycles. The van der Waals surface area contributed by atoms with Gasteiger partial charge in [-0.1, -0.05) is 13.8 Å². The van der Waals surface area contributed by atoms with Gasteiger partial charge in [-0.25, -0.2) is 4.79 Å². The molecule has 12 heteroatoms. The molecule has 0 spiro atoms. The molecule has 9 nitrogen and oxygen atoms in total. The average Bonchev–Trinajstić information content (AvgIpc) is 2.74. The number of thioether (sulfide) groups is 3. The maximum Gasteiger partial charge on any atom is 0.326 e. The van der Waals surface area contributed by atoms with E-state index in [4.69, 9.17) is 5.73 Å². The zero-order valence-electron chi connectivity index (χ0n) is 19.5. The van der Waals surface area contributed by atoms with Crippen molar-refractivity contribution in [3.8, 4) is 0 Å². The van der Waals surface area contributed by atoms with Crippen LogP contribution in [0, 0.1) is 5.92 Å². The van der Waals surface area contributed by atoms with Gasteiger partial charge in [0.25, 0.3) is 0 Å². The van der Waals surface area contributed by atoms with E-state index in [1.54, 1.807) is 25.6 Å². The topological polar surface area (TPSA) is 151 Å². The molecule has 4 unspecified atom stereocenters. The van der Waals surface area contributed by atoms with Gasteiger partial charge in [-0.05, 0) is 61.2 Å². The van der Waals surface area contributed by atoms with E-state index in [9.17, 15) is 24.3 Å². The smallest absolute Gasteiger partial charge is 0.326 e. The van der Waals surface area contributed by atoms with Crippen LogP contribution >= 0.6 is 35.3 Å². The zero-order chi connectivity index (χ0) is 24.7. The van der Waals surface area contributed by atoms with Crippen LogP contribution in [0.3, 0.4) is 0 Å². The summed E-state index contributed by atoms with van der Waals surface area (Å²) in [4.78, 5) is 49.6. The highest BCUT2D eigenvalue weighted by Gasteiger charge is 2.31. The van der Waals surface area contributed by atoms with Crippen LogP contribution in [0.4, 0.5) is 0 Å². The third kappa shape index (κ3) is 12.2. The number of aliphatic carboxylic acids is 1. The summed E-state index contributed by atoms with van der Waals surface area (Å²) >= 11 is 4.60. The van der Waals surface area contributed by atoms with Gasteiger partial charge in [0.1, 0.15) is 18.1 Å². The van der Waals surface area contributed by atoms with Crippen LogP contribution in [0.5, 0.6) is 0 Å². The zero-order valence-corrected chi connectivity index (χ0v) is 22.0. The molecule has 0 heterocycles. The van der Waals surface area contributed by atoms with Crippen molar-refractivity contribution in [1.82, 2.24) is 16.0 Å². The maximum atomic E-state index is 13.0. The molecule has 6 N–H and O–H groups in total. The molecule has 4 atom stereocenters. The van der Waals surface area contributed by atoms with Crippen molar-refractivity contribution >= 4 is 59.0 Å². The molecule has 32 heavy (non-hydrogen) atoms. The molecule has 0 fully saturated rings. The third-order valence-corrected chi connectivity index (χ3v) is 6.62. The first-order valence-electron chi connectivity index (χ1n) is 10.4. The molecule has 0 aromatic rings. The number of carboxylic acid groups (broad SMARTS) is 1. The standard InChI is InChI=1S/C20H38N4O5S3/c1-12(2)16(19(27)23-15(20(28)29)8-11-32-5)24-18(26)14(7-10-31-4)22-17(25)13(21)6-9-30-3/h12-16H,6-11,21H2,1-5H3,(H,22,25)(H,23,27)(H,24,26)(H,28,29). The van der Waals surface area contributed by atoms with Crippen LogP contribution in [0.15, 0.2) is 0 Å². The van der Waals surface area contributed by atoms with E-state index >= 15 is 0 Å². The minimum absolute atomic E-state index is 0.279. The number of hydrogen-bond donors (Lipinski definition) is 5. The number of amides is 3. The molecular weight excluding hydrogens is 472 g/mol. The minimum Gasteiger partial charge on any atom is -0.480 e. The number of hydrogen-bond acceptors (Lipinski definition) is 8. The quantitative estimate of drug-likeness (QED) is 0.191. The highest BCUT2D eigenvalue weighted by molar-refractivity contribution is 7.98. The van der Waals surface area contributed by atoms with Gasteiger partial charge in [0.05, 0.1) is 6.04 Å². The highest BCUT2D eigenvalue weighted by Crippen LogP contribution is 2.08. The summed E-state index contributed by atoms with van der Waals surface area (Å²) in [6, 6.07) is -3.52. The average molecular weight is 511 g/mol. The molecule has 0 radical (unpaired) electrons. The Morgan fingerprint density at radius 3 is 1.69 bits per heavy atom. The van der Waals surface area contributed by atoms with E-state index in [2.05, 4.69) is 16.0 Å². The van der Waals surface area contributed by atoms with Gasteiger partial charge in [-0.15, -0.1) is 0 Å². The second-order valence-corrected chi connectivity index (χ2v) is 10.6. The second-order valence-electron chi connectivity index (χ2n) is 7.64. The van der Waals surface area contributed by atoms with Gasteiger partial charge >= 0.3 is 5.97 Å². The highest BCUT2D eigenvalue weighted by atomic mass is 32.2. The monoisotopic (exact) mass is 510 g/mol. The fourth-order valence-electron chi connectivity index (χ4n) is 2.70. The molecule has 186 valence electrons. The first-order valence-corrected chi connectivity index (χ1v) is 14.6. The Balaban J connectivity index is 5.28. The van der Waals surface area contributed by atoms with E-state index in [1.165, 1.54) is 23.5 Å². The summed E-state index contributed by atoms with van der Waals surface area (Å²) in [6.45, 7) is 3.52. The normalized spacial score (nSPS) is 14.8. The molecule has 0 saturated carbocycles. The fourth-order valence-corrected chi connectivity index (χ4v) is 4.14. The number of carboxylic acids is 1. The van der Waals surface area contributed by atoms with E-state index in [0.717, 1.165) is 5.75 Å². The number of nitrogens with two attached hydrogens (primary N) is 1. The predicted octanol–water partition coefficient (Wildman–Crippen LogP) is 0.768. The summed E-state index contributed by atoms with van der Waals surface area (Å²) in [6.07, 6.45) is 6.83.